The van der Waals surface area contributed by atoms with Crippen LogP contribution in [0.1, 0.15) is 15.9 Å². The van der Waals surface area contributed by atoms with E-state index >= 15 is 0 Å². The monoisotopic (exact) mass is 254 g/mol. The van der Waals surface area contributed by atoms with Crippen LogP contribution in [0.4, 0.5) is 4.39 Å². The average Bonchev–Trinajstić information content (AvgIpc) is 2.46. The molecule has 0 aliphatic rings. The average molecular weight is 254 g/mol. The van der Waals surface area contributed by atoms with Crippen LogP contribution in [0.5, 0.6) is 5.75 Å². The molecular weight excluding hydrogens is 243 g/mol. The number of carbonyl (C=O) groups is 1. The van der Waals surface area contributed by atoms with E-state index in [1.165, 1.54) is 25.3 Å². The van der Waals surface area contributed by atoms with E-state index in [4.69, 9.17) is 4.74 Å². The number of benzene rings is 2. The smallest absolute Gasteiger partial charge is 0.236 e. The van der Waals surface area contributed by atoms with Crippen LogP contribution in [0.2, 0.25) is 0 Å². The minimum absolute atomic E-state index is 0.285. The maximum absolute atomic E-state index is 13.0. The minimum Gasteiger partial charge on any atom is -0.495 e. The molecule has 0 aromatic heterocycles. The van der Waals surface area contributed by atoms with Gasteiger partial charge in [0.05, 0.1) is 12.7 Å². The molecule has 0 unspecified atom stereocenters. The van der Waals surface area contributed by atoms with Crippen LogP contribution in [-0.4, -0.2) is 12.9 Å². The molecule has 2 aromatic rings. The van der Waals surface area contributed by atoms with Crippen molar-refractivity contribution < 1.29 is 13.9 Å². The molecule has 0 saturated carbocycles. The number of rotatable bonds is 2. The van der Waals surface area contributed by atoms with Crippen molar-refractivity contribution in [2.45, 2.75) is 0 Å². The highest BCUT2D eigenvalue weighted by atomic mass is 19.1. The second-order valence-electron chi connectivity index (χ2n) is 3.79. The topological polar surface area (TPSA) is 26.3 Å². The lowest BCUT2D eigenvalue weighted by Crippen LogP contribution is -1.94. The van der Waals surface area contributed by atoms with Gasteiger partial charge in [0.2, 0.25) is 5.78 Å². The van der Waals surface area contributed by atoms with Gasteiger partial charge in [-0.1, -0.05) is 36.3 Å². The summed E-state index contributed by atoms with van der Waals surface area (Å²) in [7, 11) is 1.43. The SMILES string of the molecule is COc1cc(F)ccc1C#CC(=O)c1ccccc1. The maximum Gasteiger partial charge on any atom is 0.236 e. The fourth-order valence-electron chi connectivity index (χ4n) is 1.55. The lowest BCUT2D eigenvalue weighted by Gasteiger charge is -2.02. The summed E-state index contributed by atoms with van der Waals surface area (Å²) in [5.41, 5.74) is 1.00. The van der Waals surface area contributed by atoms with Gasteiger partial charge < -0.3 is 4.74 Å². The first-order chi connectivity index (χ1) is 9.20. The summed E-state index contributed by atoms with van der Waals surface area (Å²) in [4.78, 5) is 11.8. The molecule has 0 fully saturated rings. The third-order valence-electron chi connectivity index (χ3n) is 2.51. The van der Waals surface area contributed by atoms with Crippen molar-refractivity contribution >= 4 is 5.78 Å². The highest BCUT2D eigenvalue weighted by molar-refractivity contribution is 6.09. The second-order valence-corrected chi connectivity index (χ2v) is 3.79. The van der Waals surface area contributed by atoms with E-state index < -0.39 is 5.82 Å². The van der Waals surface area contributed by atoms with Crippen LogP contribution >= 0.6 is 0 Å². The Morgan fingerprint density at radius 1 is 1.16 bits per heavy atom. The normalized spacial score (nSPS) is 9.37. The molecule has 2 rings (SSSR count). The summed E-state index contributed by atoms with van der Waals surface area (Å²) < 4.78 is 18.0. The van der Waals surface area contributed by atoms with Crippen molar-refractivity contribution in [3.8, 4) is 17.6 Å². The summed E-state index contributed by atoms with van der Waals surface area (Å²) in [5.74, 6) is 4.84. The molecule has 0 amide bonds. The Kier molecular flexibility index (Phi) is 3.94. The first-order valence-electron chi connectivity index (χ1n) is 5.65. The van der Waals surface area contributed by atoms with E-state index in [0.29, 0.717) is 16.9 Å². The van der Waals surface area contributed by atoms with Gasteiger partial charge in [-0.25, -0.2) is 4.39 Å². The summed E-state index contributed by atoms with van der Waals surface area (Å²) in [6, 6.07) is 12.8. The molecule has 0 heterocycles. The van der Waals surface area contributed by atoms with Gasteiger partial charge in [-0.15, -0.1) is 0 Å². The fraction of sp³-hybridized carbons (Fsp3) is 0.0625. The Bertz CT molecular complexity index is 651. The molecule has 0 aliphatic heterocycles. The van der Waals surface area contributed by atoms with Gasteiger partial charge in [0.1, 0.15) is 11.6 Å². The molecule has 0 spiro atoms. The van der Waals surface area contributed by atoms with Gasteiger partial charge in [-0.2, -0.15) is 0 Å². The molecule has 0 N–H and O–H groups in total. The van der Waals surface area contributed by atoms with Crippen molar-refractivity contribution in [3.05, 3.63) is 65.5 Å². The lowest BCUT2D eigenvalue weighted by molar-refractivity contribution is 0.105. The van der Waals surface area contributed by atoms with E-state index in [-0.39, 0.29) is 5.78 Å². The maximum atomic E-state index is 13.0. The van der Waals surface area contributed by atoms with Gasteiger partial charge in [0.15, 0.2) is 0 Å². The molecule has 2 aromatic carbocycles. The largest absolute Gasteiger partial charge is 0.495 e. The van der Waals surface area contributed by atoms with Crippen LogP contribution < -0.4 is 4.74 Å². The zero-order chi connectivity index (χ0) is 13.7. The van der Waals surface area contributed by atoms with Crippen molar-refractivity contribution in [1.82, 2.24) is 0 Å². The Balaban J connectivity index is 2.28. The van der Waals surface area contributed by atoms with Gasteiger partial charge >= 0.3 is 0 Å². The van der Waals surface area contributed by atoms with Crippen LogP contribution in [-0.2, 0) is 0 Å². The van der Waals surface area contributed by atoms with Gasteiger partial charge in [-0.3, -0.25) is 4.79 Å². The summed E-state index contributed by atoms with van der Waals surface area (Å²) in [5, 5.41) is 0. The molecule has 3 heteroatoms. The third kappa shape index (κ3) is 3.20. The highest BCUT2D eigenvalue weighted by Crippen LogP contribution is 2.18. The molecule has 0 radical (unpaired) electrons. The number of ether oxygens (including phenoxy) is 1. The Labute approximate surface area is 110 Å². The van der Waals surface area contributed by atoms with E-state index in [0.717, 1.165) is 0 Å². The molecule has 0 saturated heterocycles. The van der Waals surface area contributed by atoms with E-state index in [1.807, 2.05) is 6.07 Å². The lowest BCUT2D eigenvalue weighted by atomic mass is 10.1. The number of hydrogen-bond acceptors (Lipinski definition) is 2. The third-order valence-corrected chi connectivity index (χ3v) is 2.51. The fourth-order valence-corrected chi connectivity index (χ4v) is 1.55. The number of Topliss-reactive ketones (excluding diaryl/α,β-unsaturated/α-hetero) is 1. The Hall–Kier alpha value is -2.60. The predicted octanol–water partition coefficient (Wildman–Crippen LogP) is 3.07. The van der Waals surface area contributed by atoms with Gasteiger partial charge in [0.25, 0.3) is 0 Å². The molecule has 0 bridgehead atoms. The predicted molar refractivity (Wildman–Crippen MR) is 70.6 cm³/mol. The summed E-state index contributed by atoms with van der Waals surface area (Å²) >= 11 is 0. The number of carbonyl (C=O) groups excluding carboxylic acids is 1. The van der Waals surface area contributed by atoms with Crippen molar-refractivity contribution in [2.75, 3.05) is 7.11 Å². The molecule has 2 nitrogen and oxygen atoms in total. The first-order valence-corrected chi connectivity index (χ1v) is 5.65. The van der Waals surface area contributed by atoms with E-state index in [2.05, 4.69) is 11.8 Å². The van der Waals surface area contributed by atoms with Crippen molar-refractivity contribution in [1.29, 1.82) is 0 Å². The van der Waals surface area contributed by atoms with Crippen molar-refractivity contribution in [2.24, 2.45) is 0 Å². The molecule has 19 heavy (non-hydrogen) atoms. The standard InChI is InChI=1S/C16H11FO2/c1-19-16-11-14(17)9-7-13(16)8-10-15(18)12-5-3-2-4-6-12/h2-7,9,11H,1H3. The van der Waals surface area contributed by atoms with Crippen LogP contribution in [0.25, 0.3) is 0 Å². The number of hydrogen-bond donors (Lipinski definition) is 0. The zero-order valence-electron chi connectivity index (χ0n) is 10.3. The molecular formula is C16H11FO2. The summed E-state index contributed by atoms with van der Waals surface area (Å²) in [6.07, 6.45) is 0. The van der Waals surface area contributed by atoms with Crippen molar-refractivity contribution in [3.63, 3.8) is 0 Å². The summed E-state index contributed by atoms with van der Waals surface area (Å²) in [6.45, 7) is 0. The number of halogens is 1. The number of ketones is 1. The second kappa shape index (κ2) is 5.83. The van der Waals surface area contributed by atoms with Crippen LogP contribution in [0.3, 0.4) is 0 Å². The van der Waals surface area contributed by atoms with E-state index in [1.54, 1.807) is 24.3 Å². The molecule has 94 valence electrons. The Morgan fingerprint density at radius 3 is 2.58 bits per heavy atom. The van der Waals surface area contributed by atoms with Gasteiger partial charge in [-0.05, 0) is 18.1 Å². The first kappa shape index (κ1) is 12.8. The molecule has 0 aliphatic carbocycles. The Morgan fingerprint density at radius 2 is 1.89 bits per heavy atom. The minimum atomic E-state index is -0.406. The molecule has 0 atom stereocenters. The van der Waals surface area contributed by atoms with E-state index in [9.17, 15) is 9.18 Å². The van der Waals surface area contributed by atoms with Gasteiger partial charge in [0, 0.05) is 11.6 Å². The quantitative estimate of drug-likeness (QED) is 0.608. The van der Waals surface area contributed by atoms with Crippen LogP contribution in [0, 0.1) is 17.7 Å². The number of methoxy groups -OCH3 is 1. The van der Waals surface area contributed by atoms with Crippen LogP contribution in [0.15, 0.2) is 48.5 Å². The highest BCUT2D eigenvalue weighted by Gasteiger charge is 2.03. The zero-order valence-corrected chi connectivity index (χ0v) is 10.3.